The summed E-state index contributed by atoms with van der Waals surface area (Å²) in [4.78, 5) is 51.6. The number of fused-ring (bicyclic) bond motifs is 1. The molecule has 0 bridgehead atoms. The molecule has 0 spiro atoms. The van der Waals surface area contributed by atoms with E-state index < -0.39 is 115 Å². The number of carboxylic acid groups (broad SMARTS) is 1. The summed E-state index contributed by atoms with van der Waals surface area (Å²) in [6.07, 6.45) is -10.4. The van der Waals surface area contributed by atoms with Gasteiger partial charge in [0.1, 0.15) is 43.3 Å². The van der Waals surface area contributed by atoms with Crippen LogP contribution in [-0.2, 0) is 51.1 Å². The Balaban J connectivity index is 1.02. The highest BCUT2D eigenvalue weighted by Gasteiger charge is 2.54. The first-order valence-electron chi connectivity index (χ1n) is 24.6. The number of nitrogens with zero attached hydrogens (tertiary/aromatic N) is 5. The van der Waals surface area contributed by atoms with E-state index >= 15 is 0 Å². The Bertz CT molecular complexity index is 2470. The summed E-state index contributed by atoms with van der Waals surface area (Å²) in [6.45, 7) is 2.93. The third-order valence-electron chi connectivity index (χ3n) is 14.3. The molecule has 392 valence electrons. The molecule has 2 aromatic carbocycles. The van der Waals surface area contributed by atoms with Crippen LogP contribution in [0.5, 0.6) is 0 Å². The molecule has 2 aliphatic carbocycles. The third-order valence-corrected chi connectivity index (χ3v) is 14.3. The molecule has 2 saturated heterocycles. The number of aliphatic hydroxyl groups is 5. The largest absolute Gasteiger partial charge is 0.479 e. The summed E-state index contributed by atoms with van der Waals surface area (Å²) in [6, 6.07) is 14.3. The Hall–Kier alpha value is -5.47. The van der Waals surface area contributed by atoms with Gasteiger partial charge in [0.05, 0.1) is 52.8 Å². The molecule has 23 heteroatoms. The molecule has 72 heavy (non-hydrogen) atoms. The molecule has 7 N–H and O–H groups in total. The van der Waals surface area contributed by atoms with E-state index in [1.165, 1.54) is 31.2 Å². The van der Waals surface area contributed by atoms with Crippen molar-refractivity contribution in [3.63, 3.8) is 0 Å². The summed E-state index contributed by atoms with van der Waals surface area (Å²) < 4.78 is 40.9. The first kappa shape index (κ1) is 52.8. The Morgan fingerprint density at radius 1 is 0.903 bits per heavy atom. The van der Waals surface area contributed by atoms with Crippen molar-refractivity contribution in [1.29, 1.82) is 0 Å². The van der Waals surface area contributed by atoms with Gasteiger partial charge >= 0.3 is 11.9 Å². The molecular formula is C49H64N6O17. The monoisotopic (exact) mass is 1010 g/mol. The van der Waals surface area contributed by atoms with Gasteiger partial charge in [0.25, 0.3) is 5.69 Å². The van der Waals surface area contributed by atoms with Gasteiger partial charge in [-0.15, -0.1) is 5.10 Å². The highest BCUT2D eigenvalue weighted by molar-refractivity contribution is 5.89. The standard InChI is InChI=1S/C49H64N6O17/c1-26-19-31(45(61)50-17-15-32-23-54(52-51-32)25-53-18-16-30-21-33(55(65)66)13-14-34(30)53)22-35(42(26)72-48-41(60)40(59)38(57)27(2)67-48)69-49-44(71-47(64)29-11-7-4-8-12-29)43(39(58)37(24-56)70-49)68-36(46(62)63)20-28-9-5-3-6-10-28/h4,7-8,11-14,16,18,21,23,26-28,31,35-44,48-49,56-60H,3,5-6,9-10,15,17,19-20,22,24-25H2,1-2H3,(H,50,61)(H,62,63)/t26?,27?,31?,35-,36+,37?,38-,39+,40?,41?,42?,43?,44?,48+,49-/m1/s1. The van der Waals surface area contributed by atoms with Crippen LogP contribution < -0.4 is 5.32 Å². The van der Waals surface area contributed by atoms with E-state index in [1.54, 1.807) is 54.3 Å². The molecule has 23 nitrogen and oxygen atoms in total. The number of carbonyl (C=O) groups is 3. The number of non-ortho nitro benzene ring substituents is 1. The quantitative estimate of drug-likeness (QED) is 0.0402. The van der Waals surface area contributed by atoms with Crippen molar-refractivity contribution in [3.05, 3.63) is 88.4 Å². The van der Waals surface area contributed by atoms with Crippen LogP contribution in [0.15, 0.2) is 67.0 Å². The van der Waals surface area contributed by atoms with Gasteiger partial charge in [-0.05, 0) is 62.3 Å². The zero-order valence-corrected chi connectivity index (χ0v) is 40.0. The molecule has 0 radical (unpaired) electrons. The van der Waals surface area contributed by atoms with E-state index in [0.29, 0.717) is 17.5 Å². The van der Waals surface area contributed by atoms with Gasteiger partial charge in [-0.25, -0.2) is 14.3 Å². The molecule has 8 rings (SSSR count). The highest BCUT2D eigenvalue weighted by atomic mass is 16.7. The molecule has 2 aromatic heterocycles. The van der Waals surface area contributed by atoms with Gasteiger partial charge in [-0.3, -0.25) is 14.9 Å². The molecule has 2 saturated carbocycles. The summed E-state index contributed by atoms with van der Waals surface area (Å²) in [5.74, 6) is -3.80. The molecular weight excluding hydrogens is 945 g/mol. The Kier molecular flexibility index (Phi) is 17.3. The van der Waals surface area contributed by atoms with Crippen LogP contribution >= 0.6 is 0 Å². The van der Waals surface area contributed by atoms with Crippen molar-refractivity contribution >= 4 is 34.4 Å². The van der Waals surface area contributed by atoms with Gasteiger partial charge in [0, 0.05) is 42.6 Å². The van der Waals surface area contributed by atoms with Crippen LogP contribution in [-0.4, -0.2) is 166 Å². The van der Waals surface area contributed by atoms with Crippen LogP contribution in [0, 0.1) is 27.9 Å². The molecule has 2 aliphatic heterocycles. The van der Waals surface area contributed by atoms with E-state index in [2.05, 4.69) is 15.6 Å². The SMILES string of the molecule is CC1CC(C(=O)NCCc2cn(Cn3ccc4cc([N+](=O)[O-])ccc43)nn2)C[C@@H](O[C@@H]2OC(CO)[C@H](O)C(O[C@@H](CC3CCCCC3)C(=O)O)C2OC(=O)c2ccccc2)C1O[C@@H]1OC(C)[C@@H](O)C(O)C1O. The smallest absolute Gasteiger partial charge is 0.338 e. The maximum atomic E-state index is 14.1. The molecule has 1 amide bonds. The molecule has 15 atom stereocenters. The number of carbonyl (C=O) groups excluding carboxylic acids is 2. The topological polar surface area (TPSA) is 319 Å². The second-order valence-electron chi connectivity index (χ2n) is 19.4. The Morgan fingerprint density at radius 2 is 1.67 bits per heavy atom. The lowest BCUT2D eigenvalue weighted by atomic mass is 9.77. The van der Waals surface area contributed by atoms with E-state index in [9.17, 15) is 55.1 Å². The lowest BCUT2D eigenvalue weighted by Gasteiger charge is -2.48. The number of amides is 1. The van der Waals surface area contributed by atoms with E-state index in [4.69, 9.17) is 28.4 Å². The number of nitro benzene ring substituents is 1. The van der Waals surface area contributed by atoms with Gasteiger partial charge in [0.2, 0.25) is 5.91 Å². The second-order valence-corrected chi connectivity index (χ2v) is 19.4. The van der Waals surface area contributed by atoms with Gasteiger partial charge in [-0.2, -0.15) is 0 Å². The number of esters is 1. The maximum Gasteiger partial charge on any atom is 0.338 e. The number of hydrogen-bond acceptors (Lipinski definition) is 18. The first-order chi connectivity index (χ1) is 34.6. The van der Waals surface area contributed by atoms with E-state index in [-0.39, 0.29) is 55.6 Å². The van der Waals surface area contributed by atoms with Crippen LogP contribution in [0.25, 0.3) is 10.9 Å². The first-order valence-corrected chi connectivity index (χ1v) is 24.6. The van der Waals surface area contributed by atoms with Crippen LogP contribution in [0.3, 0.4) is 0 Å². The highest BCUT2D eigenvalue weighted by Crippen LogP contribution is 2.39. The van der Waals surface area contributed by atoms with Crippen LogP contribution in [0.2, 0.25) is 0 Å². The zero-order valence-electron chi connectivity index (χ0n) is 40.0. The number of aromatic nitrogens is 4. The van der Waals surface area contributed by atoms with Crippen molar-refractivity contribution in [1.82, 2.24) is 24.9 Å². The number of aliphatic carboxylic acids is 1. The minimum Gasteiger partial charge on any atom is -0.479 e. The third kappa shape index (κ3) is 12.3. The molecule has 4 fully saturated rings. The normalized spacial score (nSPS) is 31.7. The van der Waals surface area contributed by atoms with Crippen molar-refractivity contribution in [2.45, 2.75) is 158 Å². The Labute approximate surface area is 414 Å². The molecule has 4 heterocycles. The zero-order chi connectivity index (χ0) is 51.2. The number of rotatable bonds is 19. The maximum absolute atomic E-state index is 14.1. The number of ether oxygens (including phenoxy) is 6. The number of nitrogens with one attached hydrogen (secondary N) is 1. The number of nitro groups is 1. The average molecular weight is 1010 g/mol. The van der Waals surface area contributed by atoms with E-state index in [0.717, 1.165) is 37.6 Å². The summed E-state index contributed by atoms with van der Waals surface area (Å²) in [7, 11) is 0. The number of aliphatic hydroxyl groups excluding tert-OH is 5. The fourth-order valence-electron chi connectivity index (χ4n) is 10.4. The summed E-state index contributed by atoms with van der Waals surface area (Å²) in [5, 5.41) is 88.3. The lowest BCUT2D eigenvalue weighted by molar-refractivity contribution is -0.384. The van der Waals surface area contributed by atoms with Crippen molar-refractivity contribution in [2.75, 3.05) is 13.2 Å². The van der Waals surface area contributed by atoms with Crippen molar-refractivity contribution in [2.24, 2.45) is 17.8 Å². The van der Waals surface area contributed by atoms with Gasteiger partial charge in [-0.1, -0.05) is 62.4 Å². The predicted octanol–water partition coefficient (Wildman–Crippen LogP) is 2.06. The summed E-state index contributed by atoms with van der Waals surface area (Å²) >= 11 is 0. The van der Waals surface area contributed by atoms with Gasteiger partial charge < -0.3 is 68.9 Å². The number of benzene rings is 2. The fourth-order valence-corrected chi connectivity index (χ4v) is 10.4. The predicted molar refractivity (Wildman–Crippen MR) is 250 cm³/mol. The minimum atomic E-state index is -1.71. The summed E-state index contributed by atoms with van der Waals surface area (Å²) in [5.41, 5.74) is 1.44. The second kappa shape index (κ2) is 23.6. The lowest BCUT2D eigenvalue weighted by Crippen LogP contribution is -2.64. The Morgan fingerprint density at radius 3 is 2.39 bits per heavy atom. The molecule has 4 aromatic rings. The van der Waals surface area contributed by atoms with Crippen LogP contribution in [0.4, 0.5) is 5.69 Å². The fraction of sp³-hybridized carbons (Fsp3) is 0.612. The number of carboxylic acids is 1. The molecule has 4 aliphatic rings. The molecule has 9 unspecified atom stereocenters. The number of hydrogen-bond donors (Lipinski definition) is 7. The van der Waals surface area contributed by atoms with Crippen molar-refractivity contribution < 1.29 is 78.4 Å². The average Bonchev–Trinajstić information content (AvgIpc) is 4.01. The van der Waals surface area contributed by atoms with Crippen molar-refractivity contribution in [3.8, 4) is 0 Å². The minimum absolute atomic E-state index is 0.0171. The van der Waals surface area contributed by atoms with Crippen LogP contribution in [0.1, 0.15) is 81.3 Å². The van der Waals surface area contributed by atoms with Gasteiger partial charge in [0.15, 0.2) is 24.8 Å². The van der Waals surface area contributed by atoms with E-state index in [1.807, 2.05) is 4.57 Å².